The number of benzene rings is 2. The van der Waals surface area contributed by atoms with Crippen molar-refractivity contribution >= 4 is 40.9 Å². The average molecular weight is 473 g/mol. The average Bonchev–Trinajstić information content (AvgIpc) is 2.83. The Morgan fingerprint density at radius 1 is 1.00 bits per heavy atom. The summed E-state index contributed by atoms with van der Waals surface area (Å²) in [6.45, 7) is 2.66. The first-order valence-electron chi connectivity index (χ1n) is 11.3. The van der Waals surface area contributed by atoms with Crippen LogP contribution in [0.3, 0.4) is 0 Å². The van der Waals surface area contributed by atoms with Gasteiger partial charge in [0, 0.05) is 37.8 Å². The second-order valence-electron chi connectivity index (χ2n) is 8.64. The minimum absolute atomic E-state index is 0.111. The summed E-state index contributed by atoms with van der Waals surface area (Å²) in [6, 6.07) is 14.7. The van der Waals surface area contributed by atoms with Crippen LogP contribution < -0.4 is 26.4 Å². The van der Waals surface area contributed by atoms with E-state index in [0.717, 1.165) is 12.0 Å². The topological polar surface area (TPSA) is 136 Å². The number of H-pyrrole nitrogens is 1. The van der Waals surface area contributed by atoms with Crippen molar-refractivity contribution in [3.8, 4) is 0 Å². The van der Waals surface area contributed by atoms with Crippen LogP contribution in [0, 0.1) is 0 Å². The predicted octanol–water partition coefficient (Wildman–Crippen LogP) is 2.36. The minimum Gasteiger partial charge on any atom is -0.338 e. The Morgan fingerprint density at radius 3 is 2.40 bits per heavy atom. The molecule has 3 aromatic rings. The van der Waals surface area contributed by atoms with E-state index in [1.807, 2.05) is 23.1 Å². The van der Waals surface area contributed by atoms with Gasteiger partial charge in [-0.15, -0.1) is 0 Å². The molecule has 0 spiro atoms. The molecule has 1 aromatic heterocycles. The van der Waals surface area contributed by atoms with E-state index in [-0.39, 0.29) is 29.6 Å². The van der Waals surface area contributed by atoms with Crippen LogP contribution >= 0.6 is 0 Å². The lowest BCUT2D eigenvalue weighted by molar-refractivity contribution is -0.123. The van der Waals surface area contributed by atoms with Crippen molar-refractivity contribution in [2.24, 2.45) is 0 Å². The Hall–Kier alpha value is -4.47. The molecule has 10 nitrogen and oxygen atoms in total. The summed E-state index contributed by atoms with van der Waals surface area (Å²) in [5.74, 6) is -1.59. The number of aromatic amines is 1. The van der Waals surface area contributed by atoms with Gasteiger partial charge in [-0.25, -0.2) is 0 Å². The fourth-order valence-corrected chi connectivity index (χ4v) is 4.48. The quantitative estimate of drug-likeness (QED) is 0.460. The van der Waals surface area contributed by atoms with Crippen molar-refractivity contribution < 1.29 is 14.4 Å². The van der Waals surface area contributed by atoms with E-state index in [9.17, 15) is 19.2 Å². The molecule has 0 saturated carbocycles. The van der Waals surface area contributed by atoms with Crippen LogP contribution in [0.15, 0.2) is 53.3 Å². The third kappa shape index (κ3) is 4.63. The van der Waals surface area contributed by atoms with E-state index in [4.69, 9.17) is 0 Å². The van der Waals surface area contributed by atoms with Gasteiger partial charge in [-0.2, -0.15) is 4.98 Å². The number of nitrogens with one attached hydrogen (secondary N) is 4. The van der Waals surface area contributed by atoms with E-state index < -0.39 is 17.4 Å². The molecule has 35 heavy (non-hydrogen) atoms. The van der Waals surface area contributed by atoms with Crippen LogP contribution in [0.5, 0.6) is 0 Å². The van der Waals surface area contributed by atoms with Gasteiger partial charge in [-0.1, -0.05) is 24.3 Å². The van der Waals surface area contributed by atoms with Gasteiger partial charge in [0.05, 0.1) is 11.5 Å². The number of carbonyl (C=O) groups is 3. The van der Waals surface area contributed by atoms with Crippen molar-refractivity contribution in [2.45, 2.75) is 32.2 Å². The number of fused-ring (bicyclic) bond motifs is 2. The van der Waals surface area contributed by atoms with Gasteiger partial charge in [-0.05, 0) is 41.8 Å². The number of carbonyl (C=O) groups excluding carboxylic acids is 3. The third-order valence-corrected chi connectivity index (χ3v) is 6.16. The molecule has 178 valence electrons. The summed E-state index contributed by atoms with van der Waals surface area (Å²) in [4.78, 5) is 59.0. The van der Waals surface area contributed by atoms with Crippen molar-refractivity contribution in [1.29, 1.82) is 0 Å². The van der Waals surface area contributed by atoms with Gasteiger partial charge >= 0.3 is 0 Å². The highest BCUT2D eigenvalue weighted by Gasteiger charge is 2.35. The maximum atomic E-state index is 13.1. The molecular weight excluding hydrogens is 448 g/mol. The van der Waals surface area contributed by atoms with Gasteiger partial charge in [0.25, 0.3) is 5.56 Å². The number of nitrogens with zero attached hydrogens (tertiary/aromatic N) is 2. The zero-order valence-electron chi connectivity index (χ0n) is 19.1. The summed E-state index contributed by atoms with van der Waals surface area (Å²) < 4.78 is 0. The van der Waals surface area contributed by atoms with Crippen LogP contribution in [-0.4, -0.2) is 34.2 Å². The summed E-state index contributed by atoms with van der Waals surface area (Å²) >= 11 is 0. The summed E-state index contributed by atoms with van der Waals surface area (Å²) in [6.07, 6.45) is 0.652. The number of aromatic nitrogens is 2. The highest BCUT2D eigenvalue weighted by Crippen LogP contribution is 2.31. The molecule has 0 saturated heterocycles. The predicted molar refractivity (Wildman–Crippen MR) is 131 cm³/mol. The lowest BCUT2D eigenvalue weighted by atomic mass is 9.92. The van der Waals surface area contributed by atoms with Crippen LogP contribution in [0.1, 0.15) is 36.0 Å². The zero-order chi connectivity index (χ0) is 24.5. The molecule has 2 aromatic carbocycles. The number of hydrogen-bond acceptors (Lipinski definition) is 6. The first kappa shape index (κ1) is 22.3. The first-order valence-corrected chi connectivity index (χ1v) is 11.3. The second kappa shape index (κ2) is 9.05. The molecule has 0 fully saturated rings. The van der Waals surface area contributed by atoms with E-state index in [0.29, 0.717) is 30.4 Å². The van der Waals surface area contributed by atoms with Gasteiger partial charge in [0.15, 0.2) is 0 Å². The van der Waals surface area contributed by atoms with Gasteiger partial charge < -0.3 is 20.9 Å². The van der Waals surface area contributed by atoms with E-state index in [1.165, 1.54) is 12.5 Å². The van der Waals surface area contributed by atoms with Crippen molar-refractivity contribution in [3.05, 3.63) is 75.6 Å². The molecule has 0 bridgehead atoms. The molecule has 10 heteroatoms. The summed E-state index contributed by atoms with van der Waals surface area (Å²) in [5.41, 5.74) is 3.17. The van der Waals surface area contributed by atoms with E-state index in [2.05, 4.69) is 32.0 Å². The van der Waals surface area contributed by atoms with Crippen molar-refractivity contribution in [2.75, 3.05) is 27.4 Å². The molecule has 5 rings (SSSR count). The molecule has 0 radical (unpaired) electrons. The Labute approximate surface area is 200 Å². The van der Waals surface area contributed by atoms with Gasteiger partial charge in [-0.3, -0.25) is 24.2 Å². The Kier molecular flexibility index (Phi) is 5.77. The fraction of sp³-hybridized carbons (Fsp3) is 0.240. The molecular formula is C25H24N6O4. The molecule has 2 aliphatic heterocycles. The molecule has 0 unspecified atom stereocenters. The largest absolute Gasteiger partial charge is 0.338 e. The maximum Gasteiger partial charge on any atom is 0.258 e. The minimum atomic E-state index is -0.985. The van der Waals surface area contributed by atoms with Gasteiger partial charge in [0.1, 0.15) is 5.82 Å². The zero-order valence-corrected chi connectivity index (χ0v) is 19.1. The normalized spacial score (nSPS) is 16.5. The second-order valence-corrected chi connectivity index (χ2v) is 8.64. The van der Waals surface area contributed by atoms with E-state index in [1.54, 1.807) is 24.3 Å². The molecule has 0 aliphatic carbocycles. The molecule has 4 N–H and O–H groups in total. The maximum absolute atomic E-state index is 13.1. The van der Waals surface area contributed by atoms with Gasteiger partial charge in [0.2, 0.25) is 23.7 Å². The fourth-order valence-electron chi connectivity index (χ4n) is 4.48. The van der Waals surface area contributed by atoms with Crippen LogP contribution in [0.4, 0.5) is 23.1 Å². The number of rotatable bonds is 4. The molecule has 3 amide bonds. The van der Waals surface area contributed by atoms with E-state index >= 15 is 0 Å². The molecule has 1 atom stereocenters. The van der Waals surface area contributed by atoms with Crippen molar-refractivity contribution in [3.63, 3.8) is 0 Å². The smallest absolute Gasteiger partial charge is 0.258 e. The number of hydrogen-bond donors (Lipinski definition) is 4. The summed E-state index contributed by atoms with van der Waals surface area (Å²) in [7, 11) is 0. The number of anilines is 4. The van der Waals surface area contributed by atoms with Crippen LogP contribution in [-0.2, 0) is 27.3 Å². The Morgan fingerprint density at radius 2 is 1.69 bits per heavy atom. The molecule has 3 heterocycles. The highest BCUT2D eigenvalue weighted by molar-refractivity contribution is 6.04. The summed E-state index contributed by atoms with van der Waals surface area (Å²) in [5, 5.41) is 8.05. The molecule has 2 aliphatic rings. The van der Waals surface area contributed by atoms with Crippen molar-refractivity contribution in [1.82, 2.24) is 9.97 Å². The number of amides is 3. The SMILES string of the molecule is CC(=O)Nc1ccc(NC(=O)[C@H]2CC(=O)Nc3nc(N4CCc5ccccc5C4)[nH]c(=O)c32)cc1. The lowest BCUT2D eigenvalue weighted by Gasteiger charge is -2.30. The first-order chi connectivity index (χ1) is 16.9. The van der Waals surface area contributed by atoms with Crippen LogP contribution in [0.25, 0.3) is 0 Å². The third-order valence-electron chi connectivity index (χ3n) is 6.16. The highest BCUT2D eigenvalue weighted by atomic mass is 16.2. The lowest BCUT2D eigenvalue weighted by Crippen LogP contribution is -2.38. The Balaban J connectivity index is 1.39. The Bertz CT molecular complexity index is 1380. The standard InChI is InChI=1S/C25H24N6O4/c1-14(32)26-17-6-8-18(9-7-17)27-23(34)19-12-20(33)28-22-21(19)24(35)30-25(29-22)31-11-10-15-4-2-3-5-16(15)13-31/h2-9,19H,10-13H2,1H3,(H,26,32)(H,27,34)(H2,28,29,30,33,35)/t19-/m0/s1. The monoisotopic (exact) mass is 472 g/mol. The van der Waals surface area contributed by atoms with Crippen LogP contribution in [0.2, 0.25) is 0 Å².